The number of nitrogens with zero attached hydrogens (tertiary/aromatic N) is 3. The summed E-state index contributed by atoms with van der Waals surface area (Å²) in [5, 5.41) is 0.567. The van der Waals surface area contributed by atoms with Gasteiger partial charge in [-0.15, -0.1) is 11.6 Å². The van der Waals surface area contributed by atoms with Gasteiger partial charge in [0.05, 0.1) is 13.3 Å². The molecule has 0 aliphatic carbocycles. The molecule has 4 nitrogen and oxygen atoms in total. The van der Waals surface area contributed by atoms with Gasteiger partial charge in [0.2, 0.25) is 0 Å². The average molecular weight is 290 g/mol. The maximum absolute atomic E-state index is 6.20. The SMILES string of the molecule is COc1ncc(Cl)c(N2CCCCC2CCCl)n1. The van der Waals surface area contributed by atoms with E-state index in [4.69, 9.17) is 27.9 Å². The lowest BCUT2D eigenvalue weighted by Gasteiger charge is -2.36. The summed E-state index contributed by atoms with van der Waals surface area (Å²) in [7, 11) is 1.56. The standard InChI is InChI=1S/C12H17Cl2N3O/c1-18-12-15-8-10(14)11(16-12)17-7-3-2-4-9(17)5-6-13/h8-9H,2-7H2,1H3. The van der Waals surface area contributed by atoms with Crippen LogP contribution in [0.1, 0.15) is 25.7 Å². The summed E-state index contributed by atoms with van der Waals surface area (Å²) in [5.41, 5.74) is 0. The lowest BCUT2D eigenvalue weighted by molar-refractivity contribution is 0.377. The van der Waals surface area contributed by atoms with Crippen LogP contribution >= 0.6 is 23.2 Å². The molecule has 1 aliphatic rings. The van der Waals surface area contributed by atoms with E-state index < -0.39 is 0 Å². The molecule has 0 amide bonds. The molecule has 1 atom stereocenters. The summed E-state index contributed by atoms with van der Waals surface area (Å²) in [4.78, 5) is 10.6. The van der Waals surface area contributed by atoms with Gasteiger partial charge in [0.15, 0.2) is 5.82 Å². The number of anilines is 1. The number of alkyl halides is 1. The lowest BCUT2D eigenvalue weighted by atomic mass is 10.00. The van der Waals surface area contributed by atoms with Crippen LogP contribution in [0.4, 0.5) is 5.82 Å². The Morgan fingerprint density at radius 3 is 3.06 bits per heavy atom. The van der Waals surface area contributed by atoms with Crippen LogP contribution in [-0.4, -0.2) is 35.5 Å². The number of rotatable bonds is 4. The molecule has 1 aromatic rings. The van der Waals surface area contributed by atoms with Crippen LogP contribution in [0.5, 0.6) is 6.01 Å². The number of methoxy groups -OCH3 is 1. The molecule has 2 heterocycles. The predicted octanol–water partition coefficient (Wildman–Crippen LogP) is 3.13. The minimum atomic E-state index is 0.351. The second kappa shape index (κ2) is 6.43. The summed E-state index contributed by atoms with van der Waals surface area (Å²) < 4.78 is 5.06. The molecule has 1 unspecified atom stereocenters. The maximum atomic E-state index is 6.20. The molecular formula is C12H17Cl2N3O. The lowest BCUT2D eigenvalue weighted by Crippen LogP contribution is -2.40. The Morgan fingerprint density at radius 1 is 1.50 bits per heavy atom. The van der Waals surface area contributed by atoms with Crippen molar-refractivity contribution in [3.8, 4) is 6.01 Å². The molecule has 0 spiro atoms. The Balaban J connectivity index is 2.26. The van der Waals surface area contributed by atoms with Crippen LogP contribution in [0.15, 0.2) is 6.20 Å². The van der Waals surface area contributed by atoms with Gasteiger partial charge in [-0.3, -0.25) is 0 Å². The highest BCUT2D eigenvalue weighted by Gasteiger charge is 2.25. The fraction of sp³-hybridized carbons (Fsp3) is 0.667. The highest BCUT2D eigenvalue weighted by atomic mass is 35.5. The Kier molecular flexibility index (Phi) is 4.89. The van der Waals surface area contributed by atoms with Crippen LogP contribution in [0.25, 0.3) is 0 Å². The Hall–Kier alpha value is -0.740. The van der Waals surface area contributed by atoms with Gasteiger partial charge in [0, 0.05) is 18.5 Å². The van der Waals surface area contributed by atoms with Crippen molar-refractivity contribution in [3.05, 3.63) is 11.2 Å². The van der Waals surface area contributed by atoms with Crippen molar-refractivity contribution in [3.63, 3.8) is 0 Å². The topological polar surface area (TPSA) is 38.2 Å². The van der Waals surface area contributed by atoms with Crippen molar-refractivity contribution in [1.29, 1.82) is 0 Å². The molecule has 0 N–H and O–H groups in total. The number of halogens is 2. The van der Waals surface area contributed by atoms with E-state index in [1.54, 1.807) is 13.3 Å². The minimum absolute atomic E-state index is 0.351. The van der Waals surface area contributed by atoms with E-state index in [1.165, 1.54) is 6.42 Å². The minimum Gasteiger partial charge on any atom is -0.467 e. The first kappa shape index (κ1) is 13.7. The Labute approximate surface area is 117 Å². The Bertz CT molecular complexity index is 401. The normalized spacial score (nSPS) is 19.9. The summed E-state index contributed by atoms with van der Waals surface area (Å²) in [6.07, 6.45) is 6.06. The van der Waals surface area contributed by atoms with E-state index in [0.717, 1.165) is 31.6 Å². The van der Waals surface area contributed by atoms with Crippen LogP contribution in [0.2, 0.25) is 5.02 Å². The average Bonchev–Trinajstić information content (AvgIpc) is 2.41. The molecule has 0 radical (unpaired) electrons. The zero-order chi connectivity index (χ0) is 13.0. The van der Waals surface area contributed by atoms with Crippen LogP contribution in [-0.2, 0) is 0 Å². The van der Waals surface area contributed by atoms with Crippen LogP contribution in [0.3, 0.4) is 0 Å². The summed E-state index contributed by atoms with van der Waals surface area (Å²) >= 11 is 12.1. The monoisotopic (exact) mass is 289 g/mol. The van der Waals surface area contributed by atoms with Gasteiger partial charge in [0.25, 0.3) is 0 Å². The third-order valence-electron chi connectivity index (χ3n) is 3.23. The molecule has 18 heavy (non-hydrogen) atoms. The van der Waals surface area contributed by atoms with Gasteiger partial charge in [0.1, 0.15) is 5.02 Å². The molecule has 1 aromatic heterocycles. The predicted molar refractivity (Wildman–Crippen MR) is 73.9 cm³/mol. The van der Waals surface area contributed by atoms with Crippen LogP contribution in [0, 0.1) is 0 Å². The first-order chi connectivity index (χ1) is 8.76. The van der Waals surface area contributed by atoms with Crippen molar-refractivity contribution in [2.24, 2.45) is 0 Å². The second-order valence-electron chi connectivity index (χ2n) is 4.35. The maximum Gasteiger partial charge on any atom is 0.318 e. The molecule has 1 saturated heterocycles. The highest BCUT2D eigenvalue weighted by Crippen LogP contribution is 2.31. The third-order valence-corrected chi connectivity index (χ3v) is 3.71. The second-order valence-corrected chi connectivity index (χ2v) is 5.13. The van der Waals surface area contributed by atoms with Crippen molar-refractivity contribution >= 4 is 29.0 Å². The van der Waals surface area contributed by atoms with Crippen molar-refractivity contribution in [2.45, 2.75) is 31.7 Å². The summed E-state index contributed by atoms with van der Waals surface area (Å²) in [6, 6.07) is 0.762. The van der Waals surface area contributed by atoms with Gasteiger partial charge < -0.3 is 9.64 Å². The van der Waals surface area contributed by atoms with Gasteiger partial charge in [-0.1, -0.05) is 11.6 Å². The van der Waals surface area contributed by atoms with Gasteiger partial charge in [-0.2, -0.15) is 4.98 Å². The van der Waals surface area contributed by atoms with Gasteiger partial charge in [-0.25, -0.2) is 4.98 Å². The highest BCUT2D eigenvalue weighted by molar-refractivity contribution is 6.32. The first-order valence-electron chi connectivity index (χ1n) is 6.15. The fourth-order valence-electron chi connectivity index (χ4n) is 2.35. The summed E-state index contributed by atoms with van der Waals surface area (Å²) in [6.45, 7) is 0.960. The van der Waals surface area contributed by atoms with Crippen molar-refractivity contribution in [1.82, 2.24) is 9.97 Å². The number of ether oxygens (including phenoxy) is 1. The van der Waals surface area contributed by atoms with E-state index in [1.807, 2.05) is 0 Å². The van der Waals surface area contributed by atoms with E-state index in [9.17, 15) is 0 Å². The van der Waals surface area contributed by atoms with E-state index in [0.29, 0.717) is 23.0 Å². The van der Waals surface area contributed by atoms with E-state index in [-0.39, 0.29) is 0 Å². The molecule has 1 aliphatic heterocycles. The van der Waals surface area contributed by atoms with Crippen LogP contribution < -0.4 is 9.64 Å². The first-order valence-corrected chi connectivity index (χ1v) is 7.06. The number of aromatic nitrogens is 2. The molecule has 0 aromatic carbocycles. The molecule has 100 valence electrons. The fourth-order valence-corrected chi connectivity index (χ4v) is 2.80. The zero-order valence-electron chi connectivity index (χ0n) is 10.4. The van der Waals surface area contributed by atoms with Gasteiger partial charge >= 0.3 is 6.01 Å². The number of hydrogen-bond acceptors (Lipinski definition) is 4. The smallest absolute Gasteiger partial charge is 0.318 e. The molecule has 1 fully saturated rings. The van der Waals surface area contributed by atoms with E-state index >= 15 is 0 Å². The number of piperidine rings is 1. The molecule has 2 rings (SSSR count). The largest absolute Gasteiger partial charge is 0.467 e. The summed E-state index contributed by atoms with van der Waals surface area (Å²) in [5.74, 6) is 1.42. The molecule has 0 saturated carbocycles. The quantitative estimate of drug-likeness (QED) is 0.799. The van der Waals surface area contributed by atoms with Crippen molar-refractivity contribution in [2.75, 3.05) is 24.4 Å². The van der Waals surface area contributed by atoms with E-state index in [2.05, 4.69) is 14.9 Å². The van der Waals surface area contributed by atoms with Crippen molar-refractivity contribution < 1.29 is 4.74 Å². The molecule has 6 heteroatoms. The number of hydrogen-bond donors (Lipinski definition) is 0. The Morgan fingerprint density at radius 2 is 2.33 bits per heavy atom. The third kappa shape index (κ3) is 2.98. The molecular weight excluding hydrogens is 273 g/mol. The zero-order valence-corrected chi connectivity index (χ0v) is 11.9. The molecule has 0 bridgehead atoms. The van der Waals surface area contributed by atoms with Gasteiger partial charge in [-0.05, 0) is 25.7 Å².